The van der Waals surface area contributed by atoms with Crippen molar-refractivity contribution >= 4 is 22.8 Å². The van der Waals surface area contributed by atoms with Crippen LogP contribution in [-0.4, -0.2) is 23.7 Å². The molecule has 0 N–H and O–H groups in total. The largest absolute Gasteiger partial charge is 0.496 e. The Morgan fingerprint density at radius 3 is 2.50 bits per heavy atom. The van der Waals surface area contributed by atoms with Gasteiger partial charge >= 0.3 is 0 Å². The van der Waals surface area contributed by atoms with Crippen LogP contribution < -0.4 is 14.5 Å². The Balaban J connectivity index is 1.41. The molecule has 0 radical (unpaired) electrons. The standard InChI is InChI=1S/C30H26N4OS/c1-35-28-13-6-5-10-24(28)18-33-21-34(29-20-36-30(32-29)23-14-16-31-17-15-23)19-26-25(11-7-12-27(26)33)22-8-3-2-4-9-22/h2-17,20H,18-19,21H2,1H3. The van der Waals surface area contributed by atoms with Gasteiger partial charge in [0.15, 0.2) is 0 Å². The van der Waals surface area contributed by atoms with E-state index >= 15 is 0 Å². The highest BCUT2D eigenvalue weighted by Gasteiger charge is 2.27. The fourth-order valence-corrected chi connectivity index (χ4v) is 5.65. The van der Waals surface area contributed by atoms with Crippen molar-refractivity contribution < 1.29 is 4.74 Å². The van der Waals surface area contributed by atoms with Crippen LogP contribution in [0, 0.1) is 0 Å². The second-order valence-corrected chi connectivity index (χ2v) is 9.62. The lowest BCUT2D eigenvalue weighted by atomic mass is 9.95. The summed E-state index contributed by atoms with van der Waals surface area (Å²) in [6.45, 7) is 2.28. The van der Waals surface area contributed by atoms with Crippen LogP contribution in [0.2, 0.25) is 0 Å². The summed E-state index contributed by atoms with van der Waals surface area (Å²) >= 11 is 1.67. The minimum absolute atomic E-state index is 0.739. The van der Waals surface area contributed by atoms with E-state index in [-0.39, 0.29) is 0 Å². The van der Waals surface area contributed by atoms with Crippen molar-refractivity contribution in [2.24, 2.45) is 0 Å². The van der Waals surface area contributed by atoms with Gasteiger partial charge < -0.3 is 14.5 Å². The number of benzene rings is 3. The highest BCUT2D eigenvalue weighted by atomic mass is 32.1. The summed E-state index contributed by atoms with van der Waals surface area (Å²) in [6.07, 6.45) is 3.63. The van der Waals surface area contributed by atoms with Crippen LogP contribution in [0.1, 0.15) is 11.1 Å². The van der Waals surface area contributed by atoms with Crippen molar-refractivity contribution in [3.8, 4) is 27.4 Å². The maximum Gasteiger partial charge on any atom is 0.142 e. The van der Waals surface area contributed by atoms with Crippen LogP contribution in [0.15, 0.2) is 103 Å². The number of fused-ring (bicyclic) bond motifs is 1. The highest BCUT2D eigenvalue weighted by Crippen LogP contribution is 2.39. The zero-order valence-corrected chi connectivity index (χ0v) is 20.9. The predicted molar refractivity (Wildman–Crippen MR) is 147 cm³/mol. The number of anilines is 2. The fourth-order valence-electron chi connectivity index (χ4n) is 4.81. The first kappa shape index (κ1) is 22.3. The van der Waals surface area contributed by atoms with Gasteiger partial charge in [-0.1, -0.05) is 60.7 Å². The zero-order chi connectivity index (χ0) is 24.3. The molecule has 0 unspecified atom stereocenters. The van der Waals surface area contributed by atoms with Crippen molar-refractivity contribution in [1.82, 2.24) is 9.97 Å². The van der Waals surface area contributed by atoms with E-state index in [1.807, 2.05) is 36.7 Å². The maximum atomic E-state index is 5.68. The summed E-state index contributed by atoms with van der Waals surface area (Å²) in [4.78, 5) is 14.0. The van der Waals surface area contributed by atoms with Crippen LogP contribution in [0.5, 0.6) is 5.75 Å². The Labute approximate surface area is 215 Å². The minimum Gasteiger partial charge on any atom is -0.496 e. The van der Waals surface area contributed by atoms with E-state index in [0.717, 1.165) is 47.5 Å². The van der Waals surface area contributed by atoms with Crippen LogP contribution in [0.25, 0.3) is 21.7 Å². The number of thiazole rings is 1. The number of aromatic nitrogens is 2. The zero-order valence-electron chi connectivity index (χ0n) is 20.0. The van der Waals surface area contributed by atoms with Crippen molar-refractivity contribution in [2.75, 3.05) is 23.6 Å². The number of ether oxygens (including phenoxy) is 1. The van der Waals surface area contributed by atoms with Gasteiger partial charge in [0.2, 0.25) is 0 Å². The number of para-hydroxylation sites is 1. The third kappa shape index (κ3) is 4.32. The normalized spacial score (nSPS) is 12.9. The quantitative estimate of drug-likeness (QED) is 0.260. The molecule has 178 valence electrons. The molecule has 0 aliphatic carbocycles. The Bertz CT molecular complexity index is 1470. The van der Waals surface area contributed by atoms with Gasteiger partial charge in [0.05, 0.1) is 13.8 Å². The lowest BCUT2D eigenvalue weighted by molar-refractivity contribution is 0.409. The maximum absolute atomic E-state index is 5.68. The lowest BCUT2D eigenvalue weighted by Gasteiger charge is -2.40. The molecule has 3 heterocycles. The highest BCUT2D eigenvalue weighted by molar-refractivity contribution is 7.13. The van der Waals surface area contributed by atoms with Gasteiger partial charge in [0.1, 0.15) is 16.6 Å². The molecule has 0 atom stereocenters. The van der Waals surface area contributed by atoms with Crippen molar-refractivity contribution in [3.63, 3.8) is 0 Å². The molecule has 0 fully saturated rings. The first-order valence-corrected chi connectivity index (χ1v) is 12.8. The van der Waals surface area contributed by atoms with E-state index < -0.39 is 0 Å². The Morgan fingerprint density at radius 2 is 1.67 bits per heavy atom. The summed E-state index contributed by atoms with van der Waals surface area (Å²) in [5.41, 5.74) is 7.30. The van der Waals surface area contributed by atoms with Crippen LogP contribution >= 0.6 is 11.3 Å². The minimum atomic E-state index is 0.739. The van der Waals surface area contributed by atoms with Gasteiger partial charge in [-0.15, -0.1) is 11.3 Å². The van der Waals surface area contributed by atoms with Gasteiger partial charge in [-0.3, -0.25) is 4.98 Å². The molecule has 1 aliphatic rings. The second kappa shape index (κ2) is 9.84. The molecular formula is C30H26N4OS. The number of hydrogen-bond donors (Lipinski definition) is 0. The topological polar surface area (TPSA) is 41.5 Å². The number of methoxy groups -OCH3 is 1. The molecule has 5 nitrogen and oxygen atoms in total. The summed E-state index contributed by atoms with van der Waals surface area (Å²) in [5.74, 6) is 1.90. The van der Waals surface area contributed by atoms with E-state index in [9.17, 15) is 0 Å². The van der Waals surface area contributed by atoms with E-state index in [1.165, 1.54) is 22.4 Å². The molecular weight excluding hydrogens is 464 g/mol. The molecule has 0 spiro atoms. The summed E-state index contributed by atoms with van der Waals surface area (Å²) in [7, 11) is 1.73. The molecule has 5 aromatic rings. The molecule has 0 amide bonds. The number of hydrogen-bond acceptors (Lipinski definition) is 6. The number of rotatable bonds is 6. The second-order valence-electron chi connectivity index (χ2n) is 8.77. The predicted octanol–water partition coefficient (Wildman–Crippen LogP) is 6.87. The van der Waals surface area contributed by atoms with Crippen LogP contribution in [0.3, 0.4) is 0 Å². The molecule has 0 bridgehead atoms. The first-order chi connectivity index (χ1) is 17.8. The van der Waals surface area contributed by atoms with Gasteiger partial charge in [0.25, 0.3) is 0 Å². The number of pyridine rings is 1. The Morgan fingerprint density at radius 1 is 0.861 bits per heavy atom. The van der Waals surface area contributed by atoms with Crippen LogP contribution in [-0.2, 0) is 13.1 Å². The van der Waals surface area contributed by atoms with E-state index in [4.69, 9.17) is 9.72 Å². The SMILES string of the molecule is COc1ccccc1CN1CN(c2csc(-c3ccncc3)n2)Cc2c(-c3ccccc3)cccc21. The Kier molecular flexibility index (Phi) is 6.10. The monoisotopic (exact) mass is 490 g/mol. The van der Waals surface area contributed by atoms with E-state index in [1.54, 1.807) is 18.4 Å². The van der Waals surface area contributed by atoms with Crippen molar-refractivity contribution in [2.45, 2.75) is 13.1 Å². The average molecular weight is 491 g/mol. The molecule has 0 saturated heterocycles. The Hall–Kier alpha value is -4.16. The smallest absolute Gasteiger partial charge is 0.142 e. The van der Waals surface area contributed by atoms with Gasteiger partial charge in [0, 0.05) is 53.2 Å². The lowest BCUT2D eigenvalue weighted by Crippen LogP contribution is -2.42. The fraction of sp³-hybridized carbons (Fsp3) is 0.133. The third-order valence-electron chi connectivity index (χ3n) is 6.56. The van der Waals surface area contributed by atoms with Crippen molar-refractivity contribution in [1.29, 1.82) is 0 Å². The van der Waals surface area contributed by atoms with E-state index in [2.05, 4.69) is 80.8 Å². The molecule has 1 aliphatic heterocycles. The first-order valence-electron chi connectivity index (χ1n) is 11.9. The molecule has 3 aromatic carbocycles. The molecule has 0 saturated carbocycles. The molecule has 6 heteroatoms. The summed E-state index contributed by atoms with van der Waals surface area (Å²) in [5, 5.41) is 3.17. The van der Waals surface area contributed by atoms with Gasteiger partial charge in [-0.2, -0.15) is 0 Å². The summed E-state index contributed by atoms with van der Waals surface area (Å²) in [6, 6.07) is 29.5. The molecule has 6 rings (SSSR count). The van der Waals surface area contributed by atoms with Gasteiger partial charge in [-0.25, -0.2) is 4.98 Å². The van der Waals surface area contributed by atoms with Crippen molar-refractivity contribution in [3.05, 3.63) is 114 Å². The van der Waals surface area contributed by atoms with Crippen LogP contribution in [0.4, 0.5) is 11.5 Å². The average Bonchev–Trinajstić information content (AvgIpc) is 3.44. The number of nitrogens with zero attached hydrogens (tertiary/aromatic N) is 4. The molecule has 36 heavy (non-hydrogen) atoms. The van der Waals surface area contributed by atoms with E-state index in [0.29, 0.717) is 0 Å². The third-order valence-corrected chi connectivity index (χ3v) is 7.44. The summed E-state index contributed by atoms with van der Waals surface area (Å²) < 4.78 is 5.68. The molecule has 2 aromatic heterocycles. The van der Waals surface area contributed by atoms with Gasteiger partial charge in [-0.05, 0) is 35.4 Å².